The number of nitriles is 1. The maximum Gasteiger partial charge on any atom is 0.104 e. The van der Waals surface area contributed by atoms with Gasteiger partial charge in [-0.1, -0.05) is 0 Å². The van der Waals surface area contributed by atoms with E-state index in [-0.39, 0.29) is 5.54 Å². The molecule has 1 saturated heterocycles. The zero-order valence-corrected chi connectivity index (χ0v) is 13.7. The summed E-state index contributed by atoms with van der Waals surface area (Å²) >= 11 is 0. The zero-order chi connectivity index (χ0) is 15.1. The molecule has 2 fully saturated rings. The Hall–Kier alpha value is -0.630. The molecular formula is C17H31N3O. The third-order valence-corrected chi connectivity index (χ3v) is 4.72. The Kier molecular flexibility index (Phi) is 6.47. The molecule has 0 aromatic rings. The third kappa shape index (κ3) is 6.34. The SMILES string of the molecule is CN(CCCCC(C)(C#N)NC1CC1)CC1CCOCC1. The summed E-state index contributed by atoms with van der Waals surface area (Å²) in [5, 5.41) is 12.8. The van der Waals surface area contributed by atoms with Crippen molar-refractivity contribution in [3.8, 4) is 6.07 Å². The van der Waals surface area contributed by atoms with Crippen molar-refractivity contribution in [3.05, 3.63) is 0 Å². The summed E-state index contributed by atoms with van der Waals surface area (Å²) in [6.45, 7) is 6.26. The second-order valence-corrected chi connectivity index (χ2v) is 7.14. The van der Waals surface area contributed by atoms with Crippen molar-refractivity contribution in [3.63, 3.8) is 0 Å². The van der Waals surface area contributed by atoms with Gasteiger partial charge < -0.3 is 9.64 Å². The molecule has 0 amide bonds. The highest BCUT2D eigenvalue weighted by Gasteiger charge is 2.31. The molecule has 120 valence electrons. The van der Waals surface area contributed by atoms with Gasteiger partial charge in [-0.25, -0.2) is 0 Å². The summed E-state index contributed by atoms with van der Waals surface area (Å²) in [7, 11) is 2.22. The lowest BCUT2D eigenvalue weighted by molar-refractivity contribution is 0.0555. The van der Waals surface area contributed by atoms with Crippen molar-refractivity contribution < 1.29 is 4.74 Å². The smallest absolute Gasteiger partial charge is 0.104 e. The van der Waals surface area contributed by atoms with E-state index in [4.69, 9.17) is 4.74 Å². The lowest BCUT2D eigenvalue weighted by Gasteiger charge is -2.27. The number of nitrogens with one attached hydrogen (secondary N) is 1. The van der Waals surface area contributed by atoms with Gasteiger partial charge in [0.1, 0.15) is 5.54 Å². The molecule has 21 heavy (non-hydrogen) atoms. The minimum absolute atomic E-state index is 0.319. The first-order chi connectivity index (χ1) is 10.1. The molecule has 0 bridgehead atoms. The first-order valence-corrected chi connectivity index (χ1v) is 8.56. The number of unbranched alkanes of at least 4 members (excludes halogenated alkanes) is 1. The standard InChI is InChI=1S/C17H31N3O/c1-17(14-18,19-16-5-6-16)9-3-4-10-20(2)13-15-7-11-21-12-8-15/h15-16,19H,3-13H2,1-2H3. The van der Waals surface area contributed by atoms with E-state index < -0.39 is 0 Å². The number of ether oxygens (including phenoxy) is 1. The lowest BCUT2D eigenvalue weighted by Crippen LogP contribution is -2.42. The maximum atomic E-state index is 9.35. The van der Waals surface area contributed by atoms with Crippen molar-refractivity contribution in [2.45, 2.75) is 63.5 Å². The van der Waals surface area contributed by atoms with Crippen molar-refractivity contribution in [2.75, 3.05) is 33.4 Å². The van der Waals surface area contributed by atoms with Gasteiger partial charge in [0, 0.05) is 25.8 Å². The monoisotopic (exact) mass is 293 g/mol. The highest BCUT2D eigenvalue weighted by atomic mass is 16.5. The molecule has 2 aliphatic rings. The first-order valence-electron chi connectivity index (χ1n) is 8.56. The second-order valence-electron chi connectivity index (χ2n) is 7.14. The molecule has 0 spiro atoms. The van der Waals surface area contributed by atoms with Gasteiger partial charge in [-0.05, 0) is 71.4 Å². The predicted molar refractivity (Wildman–Crippen MR) is 85.1 cm³/mol. The van der Waals surface area contributed by atoms with Gasteiger partial charge in [-0.15, -0.1) is 0 Å². The summed E-state index contributed by atoms with van der Waals surface area (Å²) in [5.74, 6) is 0.810. The van der Waals surface area contributed by atoms with Crippen molar-refractivity contribution >= 4 is 0 Å². The van der Waals surface area contributed by atoms with Gasteiger partial charge in [0.05, 0.1) is 6.07 Å². The Labute approximate surface area is 129 Å². The van der Waals surface area contributed by atoms with E-state index in [1.807, 2.05) is 0 Å². The fourth-order valence-corrected chi connectivity index (χ4v) is 3.16. The van der Waals surface area contributed by atoms with E-state index in [2.05, 4.69) is 30.3 Å². The molecule has 4 heteroatoms. The van der Waals surface area contributed by atoms with Gasteiger partial charge >= 0.3 is 0 Å². The van der Waals surface area contributed by atoms with E-state index in [9.17, 15) is 5.26 Å². The van der Waals surface area contributed by atoms with Crippen LogP contribution in [0.4, 0.5) is 0 Å². The van der Waals surface area contributed by atoms with Gasteiger partial charge in [0.2, 0.25) is 0 Å². The zero-order valence-electron chi connectivity index (χ0n) is 13.7. The predicted octanol–water partition coefficient (Wildman–Crippen LogP) is 2.55. The van der Waals surface area contributed by atoms with Gasteiger partial charge in [-0.2, -0.15) is 5.26 Å². The van der Waals surface area contributed by atoms with Gasteiger partial charge in [0.25, 0.3) is 0 Å². The molecule has 0 radical (unpaired) electrons. The molecule has 1 aliphatic heterocycles. The highest BCUT2D eigenvalue weighted by Crippen LogP contribution is 2.24. The fraction of sp³-hybridized carbons (Fsp3) is 0.941. The Balaban J connectivity index is 1.56. The Morgan fingerprint density at radius 1 is 1.24 bits per heavy atom. The lowest BCUT2D eigenvalue weighted by atomic mass is 9.96. The van der Waals surface area contributed by atoms with Crippen LogP contribution in [0, 0.1) is 17.2 Å². The van der Waals surface area contributed by atoms with Crippen LogP contribution in [0.25, 0.3) is 0 Å². The topological polar surface area (TPSA) is 48.3 Å². The molecule has 1 unspecified atom stereocenters. The highest BCUT2D eigenvalue weighted by molar-refractivity contribution is 5.06. The molecule has 1 heterocycles. The van der Waals surface area contributed by atoms with Crippen LogP contribution < -0.4 is 5.32 Å². The third-order valence-electron chi connectivity index (χ3n) is 4.72. The normalized spacial score (nSPS) is 23.0. The van der Waals surface area contributed by atoms with Crippen molar-refractivity contribution in [1.29, 1.82) is 5.26 Å². The molecule has 2 rings (SSSR count). The average Bonchev–Trinajstić information content (AvgIpc) is 3.28. The summed E-state index contributed by atoms with van der Waals surface area (Å²) in [5.41, 5.74) is -0.319. The minimum atomic E-state index is -0.319. The number of hydrogen-bond donors (Lipinski definition) is 1. The van der Waals surface area contributed by atoms with Crippen LogP contribution in [0.5, 0.6) is 0 Å². The maximum absolute atomic E-state index is 9.35. The molecule has 4 nitrogen and oxygen atoms in total. The van der Waals surface area contributed by atoms with E-state index in [0.717, 1.165) is 38.5 Å². The van der Waals surface area contributed by atoms with Crippen LogP contribution >= 0.6 is 0 Å². The van der Waals surface area contributed by atoms with Crippen LogP contribution in [-0.2, 0) is 4.74 Å². The molecule has 1 aliphatic carbocycles. The van der Waals surface area contributed by atoms with Gasteiger partial charge in [0.15, 0.2) is 0 Å². The molecule has 1 atom stereocenters. The van der Waals surface area contributed by atoms with E-state index in [1.54, 1.807) is 0 Å². The molecular weight excluding hydrogens is 262 g/mol. The number of nitrogens with zero attached hydrogens (tertiary/aromatic N) is 2. The summed E-state index contributed by atoms with van der Waals surface area (Å²) < 4.78 is 5.41. The Morgan fingerprint density at radius 2 is 1.95 bits per heavy atom. The van der Waals surface area contributed by atoms with E-state index in [1.165, 1.54) is 38.6 Å². The largest absolute Gasteiger partial charge is 0.381 e. The molecule has 0 aromatic carbocycles. The summed E-state index contributed by atoms with van der Waals surface area (Å²) in [4.78, 5) is 2.45. The van der Waals surface area contributed by atoms with Crippen molar-refractivity contribution in [2.24, 2.45) is 5.92 Å². The second kappa shape index (κ2) is 8.12. The average molecular weight is 293 g/mol. The van der Waals surface area contributed by atoms with Crippen LogP contribution in [-0.4, -0.2) is 49.8 Å². The quantitative estimate of drug-likeness (QED) is 0.664. The number of hydrogen-bond acceptors (Lipinski definition) is 4. The Morgan fingerprint density at radius 3 is 2.57 bits per heavy atom. The Bertz CT molecular complexity index is 344. The van der Waals surface area contributed by atoms with Crippen LogP contribution in [0.3, 0.4) is 0 Å². The molecule has 1 saturated carbocycles. The van der Waals surface area contributed by atoms with E-state index in [0.29, 0.717) is 6.04 Å². The van der Waals surface area contributed by atoms with Gasteiger partial charge in [-0.3, -0.25) is 5.32 Å². The molecule has 1 N–H and O–H groups in total. The fourth-order valence-electron chi connectivity index (χ4n) is 3.16. The van der Waals surface area contributed by atoms with E-state index >= 15 is 0 Å². The summed E-state index contributed by atoms with van der Waals surface area (Å²) in [6.07, 6.45) is 8.18. The van der Waals surface area contributed by atoms with Crippen LogP contribution in [0.15, 0.2) is 0 Å². The first kappa shape index (κ1) is 16.7. The minimum Gasteiger partial charge on any atom is -0.381 e. The number of rotatable bonds is 9. The van der Waals surface area contributed by atoms with Crippen molar-refractivity contribution in [1.82, 2.24) is 10.2 Å². The summed E-state index contributed by atoms with van der Waals surface area (Å²) in [6, 6.07) is 3.07. The molecule has 0 aromatic heterocycles. The van der Waals surface area contributed by atoms with Crippen LogP contribution in [0.2, 0.25) is 0 Å². The van der Waals surface area contributed by atoms with Crippen LogP contribution in [0.1, 0.15) is 51.9 Å².